The monoisotopic (exact) mass is 362 g/mol. The molecule has 142 valence electrons. The van der Waals surface area contributed by atoms with Crippen molar-refractivity contribution < 1.29 is 9.53 Å². The largest absolute Gasteiger partial charge is 0.465 e. The third-order valence-corrected chi connectivity index (χ3v) is 5.85. The Morgan fingerprint density at radius 2 is 1.56 bits per heavy atom. The number of esters is 1. The number of carbonyl (C=O) groups is 1. The van der Waals surface area contributed by atoms with Crippen LogP contribution in [0, 0.1) is 6.92 Å². The van der Waals surface area contributed by atoms with Gasteiger partial charge < -0.3 is 4.74 Å². The summed E-state index contributed by atoms with van der Waals surface area (Å²) >= 11 is 0. The highest BCUT2D eigenvalue weighted by Gasteiger charge is 2.42. The lowest BCUT2D eigenvalue weighted by atomic mass is 9.82. The number of carbonyl (C=O) groups excluding carboxylic acids is 1. The van der Waals surface area contributed by atoms with Gasteiger partial charge in [-0.15, -0.1) is 0 Å². The van der Waals surface area contributed by atoms with Crippen molar-refractivity contribution in [2.45, 2.75) is 58.8 Å². The molecule has 0 heterocycles. The van der Waals surface area contributed by atoms with Gasteiger partial charge in [-0.3, -0.25) is 0 Å². The van der Waals surface area contributed by atoms with Crippen LogP contribution >= 0.6 is 0 Å². The molecule has 0 unspecified atom stereocenters. The van der Waals surface area contributed by atoms with Gasteiger partial charge in [0, 0.05) is 0 Å². The molecule has 0 saturated carbocycles. The zero-order valence-corrected chi connectivity index (χ0v) is 17.6. The van der Waals surface area contributed by atoms with E-state index in [0.717, 1.165) is 5.56 Å². The fourth-order valence-corrected chi connectivity index (χ4v) is 4.71. The number of benzene rings is 2. The average molecular weight is 363 g/mol. The van der Waals surface area contributed by atoms with Crippen molar-refractivity contribution in [1.82, 2.24) is 0 Å². The van der Waals surface area contributed by atoms with Crippen molar-refractivity contribution in [3.05, 3.63) is 69.8 Å². The van der Waals surface area contributed by atoms with Gasteiger partial charge in [0.15, 0.2) is 0 Å². The van der Waals surface area contributed by atoms with Crippen LogP contribution in [-0.2, 0) is 15.6 Å². The molecule has 0 bridgehead atoms. The van der Waals surface area contributed by atoms with Gasteiger partial charge in [-0.05, 0) is 76.6 Å². The summed E-state index contributed by atoms with van der Waals surface area (Å²) in [6.45, 7) is 13.8. The standard InChI is InChI=1S/C25H30O2/c1-16(12-18-8-10-19(11-9-18)23(26)27-7)20-14-22-21(13-17(20)2)24(3,4)15-25(22,5)6/h8-14H,15H2,1-7H3/b16-12+. The number of rotatable bonds is 3. The number of aryl methyl sites for hydroxylation is 1. The summed E-state index contributed by atoms with van der Waals surface area (Å²) in [6.07, 6.45) is 3.36. The molecule has 0 radical (unpaired) electrons. The molecule has 0 N–H and O–H groups in total. The summed E-state index contributed by atoms with van der Waals surface area (Å²) in [5.41, 5.74) is 8.90. The molecule has 2 aromatic carbocycles. The highest BCUT2D eigenvalue weighted by Crippen LogP contribution is 2.50. The summed E-state index contributed by atoms with van der Waals surface area (Å²) in [5.74, 6) is -0.304. The van der Waals surface area contributed by atoms with Gasteiger partial charge >= 0.3 is 5.97 Å². The normalized spacial score (nSPS) is 17.5. The van der Waals surface area contributed by atoms with Crippen LogP contribution in [0.4, 0.5) is 0 Å². The van der Waals surface area contributed by atoms with Gasteiger partial charge in [-0.25, -0.2) is 4.79 Å². The SMILES string of the molecule is COC(=O)c1ccc(/C=C(\C)c2cc3c(cc2C)C(C)(C)CC3(C)C)cc1. The predicted molar refractivity (Wildman–Crippen MR) is 113 cm³/mol. The minimum absolute atomic E-state index is 0.198. The van der Waals surface area contributed by atoms with E-state index in [9.17, 15) is 4.79 Å². The van der Waals surface area contributed by atoms with Crippen molar-refractivity contribution >= 4 is 17.6 Å². The van der Waals surface area contributed by atoms with Crippen LogP contribution in [0.5, 0.6) is 0 Å². The zero-order chi connectivity index (χ0) is 20.0. The van der Waals surface area contributed by atoms with E-state index in [0.29, 0.717) is 5.56 Å². The molecule has 0 spiro atoms. The minimum Gasteiger partial charge on any atom is -0.465 e. The molecule has 3 rings (SSSR count). The highest BCUT2D eigenvalue weighted by atomic mass is 16.5. The molecule has 0 aromatic heterocycles. The van der Waals surface area contributed by atoms with Gasteiger partial charge in [-0.1, -0.05) is 58.0 Å². The molecule has 27 heavy (non-hydrogen) atoms. The van der Waals surface area contributed by atoms with E-state index in [1.54, 1.807) is 0 Å². The van der Waals surface area contributed by atoms with E-state index >= 15 is 0 Å². The Bertz CT molecular complexity index is 912. The quantitative estimate of drug-likeness (QED) is 0.473. The van der Waals surface area contributed by atoms with Crippen LogP contribution in [0.25, 0.3) is 11.6 Å². The van der Waals surface area contributed by atoms with Gasteiger partial charge in [0.05, 0.1) is 12.7 Å². The summed E-state index contributed by atoms with van der Waals surface area (Å²) in [5, 5.41) is 0. The number of hydrogen-bond acceptors (Lipinski definition) is 2. The molecular weight excluding hydrogens is 332 g/mol. The maximum Gasteiger partial charge on any atom is 0.337 e. The molecule has 0 amide bonds. The van der Waals surface area contributed by atoms with Crippen LogP contribution in [-0.4, -0.2) is 13.1 Å². The topological polar surface area (TPSA) is 26.3 Å². The Morgan fingerprint density at radius 3 is 2.11 bits per heavy atom. The maximum absolute atomic E-state index is 11.6. The lowest BCUT2D eigenvalue weighted by Crippen LogP contribution is -2.17. The Balaban J connectivity index is 1.99. The van der Waals surface area contributed by atoms with E-state index in [1.165, 1.54) is 41.4 Å². The Hall–Kier alpha value is -2.35. The summed E-state index contributed by atoms with van der Waals surface area (Å²) in [6, 6.07) is 12.3. The first-order valence-corrected chi connectivity index (χ1v) is 9.58. The van der Waals surface area contributed by atoms with Crippen molar-refractivity contribution in [3.63, 3.8) is 0 Å². The number of methoxy groups -OCH3 is 1. The number of allylic oxidation sites excluding steroid dienone is 1. The van der Waals surface area contributed by atoms with Crippen LogP contribution < -0.4 is 0 Å². The van der Waals surface area contributed by atoms with E-state index in [1.807, 2.05) is 24.3 Å². The zero-order valence-electron chi connectivity index (χ0n) is 17.6. The van der Waals surface area contributed by atoms with E-state index in [-0.39, 0.29) is 16.8 Å². The summed E-state index contributed by atoms with van der Waals surface area (Å²) in [4.78, 5) is 11.6. The Morgan fingerprint density at radius 1 is 1.00 bits per heavy atom. The second-order valence-corrected chi connectivity index (χ2v) is 9.10. The number of ether oxygens (including phenoxy) is 1. The first-order chi connectivity index (χ1) is 12.5. The number of fused-ring (bicyclic) bond motifs is 1. The molecule has 0 atom stereocenters. The molecule has 0 fully saturated rings. The lowest BCUT2D eigenvalue weighted by molar-refractivity contribution is 0.0600. The van der Waals surface area contributed by atoms with Gasteiger partial charge in [-0.2, -0.15) is 0 Å². The van der Waals surface area contributed by atoms with Crippen molar-refractivity contribution in [2.75, 3.05) is 7.11 Å². The summed E-state index contributed by atoms with van der Waals surface area (Å²) in [7, 11) is 1.40. The summed E-state index contributed by atoms with van der Waals surface area (Å²) < 4.78 is 4.77. The Kier molecular flexibility index (Phi) is 4.80. The van der Waals surface area contributed by atoms with E-state index in [4.69, 9.17) is 4.74 Å². The van der Waals surface area contributed by atoms with Crippen molar-refractivity contribution in [2.24, 2.45) is 0 Å². The lowest BCUT2D eigenvalue weighted by Gasteiger charge is -2.22. The smallest absolute Gasteiger partial charge is 0.337 e. The molecule has 0 saturated heterocycles. The van der Waals surface area contributed by atoms with Gasteiger partial charge in [0.2, 0.25) is 0 Å². The first kappa shape index (κ1) is 19.4. The van der Waals surface area contributed by atoms with E-state index < -0.39 is 0 Å². The van der Waals surface area contributed by atoms with Crippen LogP contribution in [0.15, 0.2) is 36.4 Å². The average Bonchev–Trinajstić information content (AvgIpc) is 2.78. The van der Waals surface area contributed by atoms with Gasteiger partial charge in [0.25, 0.3) is 0 Å². The molecule has 0 aliphatic heterocycles. The fourth-order valence-electron chi connectivity index (χ4n) is 4.71. The van der Waals surface area contributed by atoms with Crippen LogP contribution in [0.2, 0.25) is 0 Å². The van der Waals surface area contributed by atoms with E-state index in [2.05, 4.69) is 59.8 Å². The van der Waals surface area contributed by atoms with Crippen LogP contribution in [0.1, 0.15) is 79.2 Å². The molecule has 2 nitrogen and oxygen atoms in total. The van der Waals surface area contributed by atoms with Crippen LogP contribution in [0.3, 0.4) is 0 Å². The van der Waals surface area contributed by atoms with Crippen molar-refractivity contribution in [1.29, 1.82) is 0 Å². The predicted octanol–water partition coefficient (Wildman–Crippen LogP) is 6.30. The molecule has 1 aliphatic carbocycles. The first-order valence-electron chi connectivity index (χ1n) is 9.58. The third kappa shape index (κ3) is 3.58. The second-order valence-electron chi connectivity index (χ2n) is 9.10. The minimum atomic E-state index is -0.304. The molecule has 1 aliphatic rings. The second kappa shape index (κ2) is 6.67. The van der Waals surface area contributed by atoms with Gasteiger partial charge in [0.1, 0.15) is 0 Å². The molecule has 2 aromatic rings. The number of hydrogen-bond donors (Lipinski definition) is 0. The van der Waals surface area contributed by atoms with Crippen molar-refractivity contribution in [3.8, 4) is 0 Å². The molecular formula is C25H30O2. The molecule has 2 heteroatoms. The fraction of sp³-hybridized carbons (Fsp3) is 0.400. The third-order valence-electron chi connectivity index (χ3n) is 5.85. The highest BCUT2D eigenvalue weighted by molar-refractivity contribution is 5.90. The maximum atomic E-state index is 11.6. The Labute approximate surface area is 163 Å².